The maximum atomic E-state index is 12.9. The van der Waals surface area contributed by atoms with Crippen LogP contribution in [0.4, 0.5) is 5.69 Å². The Morgan fingerprint density at radius 1 is 1.30 bits per heavy atom. The molecule has 23 heavy (non-hydrogen) atoms. The van der Waals surface area contributed by atoms with Gasteiger partial charge in [-0.15, -0.1) is 16.4 Å². The van der Waals surface area contributed by atoms with Gasteiger partial charge in [0.05, 0.1) is 11.3 Å². The highest BCUT2D eigenvalue weighted by Crippen LogP contribution is 2.38. The van der Waals surface area contributed by atoms with Crippen molar-refractivity contribution in [3.63, 3.8) is 0 Å². The Morgan fingerprint density at radius 2 is 2.17 bits per heavy atom. The molecule has 1 aromatic carbocycles. The van der Waals surface area contributed by atoms with E-state index in [2.05, 4.69) is 36.8 Å². The Balaban J connectivity index is 1.76. The summed E-state index contributed by atoms with van der Waals surface area (Å²) in [5, 5.41) is 15.1. The zero-order chi connectivity index (χ0) is 15.8. The average molecular weight is 390 g/mol. The lowest BCUT2D eigenvalue weighted by Crippen LogP contribution is -2.15. The van der Waals surface area contributed by atoms with Crippen molar-refractivity contribution < 1.29 is 4.79 Å². The van der Waals surface area contributed by atoms with Crippen LogP contribution in [-0.4, -0.2) is 26.1 Å². The van der Waals surface area contributed by atoms with Crippen LogP contribution in [0.2, 0.25) is 0 Å². The molecule has 0 bridgehead atoms. The van der Waals surface area contributed by atoms with Gasteiger partial charge >= 0.3 is 0 Å². The van der Waals surface area contributed by atoms with Crippen LogP contribution in [0.5, 0.6) is 0 Å². The van der Waals surface area contributed by atoms with E-state index in [-0.39, 0.29) is 5.91 Å². The largest absolute Gasteiger partial charge is 0.321 e. The number of benzene rings is 1. The van der Waals surface area contributed by atoms with Gasteiger partial charge in [-0.25, -0.2) is 0 Å². The first-order valence-electron chi connectivity index (χ1n) is 7.18. The van der Waals surface area contributed by atoms with E-state index < -0.39 is 0 Å². The molecule has 116 valence electrons. The van der Waals surface area contributed by atoms with Crippen LogP contribution in [-0.2, 0) is 12.8 Å². The fourth-order valence-corrected chi connectivity index (χ4v) is 4.47. The smallest absolute Gasteiger partial charge is 0.259 e. The highest BCUT2D eigenvalue weighted by atomic mass is 79.9. The van der Waals surface area contributed by atoms with Gasteiger partial charge in [-0.1, -0.05) is 12.1 Å². The molecular formula is C15H12BrN5OS. The molecule has 0 fully saturated rings. The highest BCUT2D eigenvalue weighted by Gasteiger charge is 2.28. The lowest BCUT2D eigenvalue weighted by Gasteiger charge is -2.09. The number of carbonyl (C=O) groups excluding carboxylic acids is 1. The molecule has 3 aromatic rings. The van der Waals surface area contributed by atoms with Crippen LogP contribution in [0, 0.1) is 0 Å². The van der Waals surface area contributed by atoms with Crippen LogP contribution in [0.3, 0.4) is 0 Å². The summed E-state index contributed by atoms with van der Waals surface area (Å²) in [6.07, 6.45) is 4.55. The van der Waals surface area contributed by atoms with Crippen molar-refractivity contribution in [1.82, 2.24) is 20.2 Å². The molecular weight excluding hydrogens is 378 g/mol. The van der Waals surface area contributed by atoms with Gasteiger partial charge in [-0.05, 0) is 63.3 Å². The number of anilines is 1. The summed E-state index contributed by atoms with van der Waals surface area (Å²) in [6.45, 7) is 0. The van der Waals surface area contributed by atoms with Crippen molar-refractivity contribution in [3.05, 3.63) is 51.1 Å². The standard InChI is InChI=1S/C15H12BrN5OS/c16-10-5-1-2-6-11(10)18-14(22)13-9-4-3-7-12(9)23-15(13)21-8-17-19-20-21/h1-2,5-6,8H,3-4,7H2,(H,18,22). The van der Waals surface area contributed by atoms with Crippen molar-refractivity contribution in [1.29, 1.82) is 0 Å². The van der Waals surface area contributed by atoms with Crippen LogP contribution in [0.1, 0.15) is 27.2 Å². The summed E-state index contributed by atoms with van der Waals surface area (Å²) in [6, 6.07) is 7.57. The minimum atomic E-state index is -0.123. The molecule has 0 radical (unpaired) electrons. The average Bonchev–Trinajstić information content (AvgIpc) is 3.24. The first-order chi connectivity index (χ1) is 11.2. The molecule has 1 aliphatic rings. The molecule has 0 spiro atoms. The Kier molecular flexibility index (Phi) is 3.70. The third kappa shape index (κ3) is 2.57. The molecule has 1 N–H and O–H groups in total. The molecule has 0 unspecified atom stereocenters. The number of tetrazole rings is 1. The van der Waals surface area contributed by atoms with Gasteiger partial charge in [-0.3, -0.25) is 4.79 Å². The van der Waals surface area contributed by atoms with Gasteiger partial charge in [0.2, 0.25) is 0 Å². The molecule has 0 saturated carbocycles. The van der Waals surface area contributed by atoms with Crippen LogP contribution < -0.4 is 5.32 Å². The summed E-state index contributed by atoms with van der Waals surface area (Å²) in [7, 11) is 0. The van der Waals surface area contributed by atoms with Gasteiger partial charge in [0, 0.05) is 9.35 Å². The monoisotopic (exact) mass is 389 g/mol. The summed E-state index contributed by atoms with van der Waals surface area (Å²) >= 11 is 5.06. The zero-order valence-electron chi connectivity index (χ0n) is 12.0. The minimum absolute atomic E-state index is 0.123. The predicted octanol–water partition coefficient (Wildman–Crippen LogP) is 3.23. The molecule has 8 heteroatoms. The summed E-state index contributed by atoms with van der Waals surface area (Å²) in [5.41, 5.74) is 2.56. The number of hydrogen-bond donors (Lipinski definition) is 1. The number of fused-ring (bicyclic) bond motifs is 1. The number of halogens is 1. The van der Waals surface area contributed by atoms with Crippen molar-refractivity contribution in [3.8, 4) is 5.00 Å². The lowest BCUT2D eigenvalue weighted by atomic mass is 10.1. The second-order valence-corrected chi connectivity index (χ2v) is 7.16. The van der Waals surface area contributed by atoms with E-state index in [1.807, 2.05) is 24.3 Å². The van der Waals surface area contributed by atoms with E-state index in [9.17, 15) is 4.79 Å². The van der Waals surface area contributed by atoms with E-state index in [1.165, 1.54) is 11.2 Å². The number of para-hydroxylation sites is 1. The normalized spacial score (nSPS) is 13.1. The van der Waals surface area contributed by atoms with Gasteiger partial charge in [0.1, 0.15) is 11.3 Å². The van der Waals surface area contributed by atoms with Crippen molar-refractivity contribution in [2.45, 2.75) is 19.3 Å². The third-order valence-corrected chi connectivity index (χ3v) is 5.78. The molecule has 0 atom stereocenters. The predicted molar refractivity (Wildman–Crippen MR) is 91.2 cm³/mol. The van der Waals surface area contributed by atoms with Crippen LogP contribution >= 0.6 is 27.3 Å². The Bertz CT molecular complexity index is 874. The quantitative estimate of drug-likeness (QED) is 0.746. The number of rotatable bonds is 3. The summed E-state index contributed by atoms with van der Waals surface area (Å²) in [4.78, 5) is 14.2. The molecule has 2 heterocycles. The second kappa shape index (κ2) is 5.86. The number of nitrogens with one attached hydrogen (secondary N) is 1. The number of nitrogens with zero attached hydrogens (tertiary/aromatic N) is 4. The van der Waals surface area contributed by atoms with E-state index in [0.29, 0.717) is 5.56 Å². The van der Waals surface area contributed by atoms with Gasteiger partial charge in [0.25, 0.3) is 5.91 Å². The molecule has 0 saturated heterocycles. The van der Waals surface area contributed by atoms with Gasteiger partial charge in [0.15, 0.2) is 0 Å². The Labute approximate surface area is 144 Å². The topological polar surface area (TPSA) is 72.7 Å². The van der Waals surface area contributed by atoms with Crippen LogP contribution in [0.25, 0.3) is 5.00 Å². The molecule has 0 aliphatic heterocycles. The maximum Gasteiger partial charge on any atom is 0.259 e. The van der Waals surface area contributed by atoms with E-state index >= 15 is 0 Å². The van der Waals surface area contributed by atoms with Gasteiger partial charge < -0.3 is 5.32 Å². The Morgan fingerprint density at radius 3 is 2.96 bits per heavy atom. The van der Waals surface area contributed by atoms with Gasteiger partial charge in [-0.2, -0.15) is 4.68 Å². The maximum absolute atomic E-state index is 12.9. The number of thiophene rings is 1. The number of hydrogen-bond acceptors (Lipinski definition) is 5. The second-order valence-electron chi connectivity index (χ2n) is 5.23. The number of aryl methyl sites for hydroxylation is 1. The fourth-order valence-electron chi connectivity index (χ4n) is 2.79. The van der Waals surface area contributed by atoms with Crippen molar-refractivity contribution >= 4 is 38.9 Å². The van der Waals surface area contributed by atoms with Crippen LogP contribution in [0.15, 0.2) is 35.1 Å². The molecule has 1 aliphatic carbocycles. The Hall–Kier alpha value is -2.06. The van der Waals surface area contributed by atoms with Crippen molar-refractivity contribution in [2.75, 3.05) is 5.32 Å². The minimum Gasteiger partial charge on any atom is -0.321 e. The summed E-state index contributed by atoms with van der Waals surface area (Å²) < 4.78 is 2.42. The van der Waals surface area contributed by atoms with Crippen molar-refractivity contribution in [2.24, 2.45) is 0 Å². The van der Waals surface area contributed by atoms with E-state index in [1.54, 1.807) is 16.0 Å². The summed E-state index contributed by atoms with van der Waals surface area (Å²) in [5.74, 6) is -0.123. The lowest BCUT2D eigenvalue weighted by molar-refractivity contribution is 0.102. The van der Waals surface area contributed by atoms with E-state index in [0.717, 1.165) is 40.0 Å². The molecule has 1 amide bonds. The number of carbonyl (C=O) groups is 1. The zero-order valence-corrected chi connectivity index (χ0v) is 14.4. The molecule has 4 rings (SSSR count). The number of aromatic nitrogens is 4. The molecule has 2 aromatic heterocycles. The number of amides is 1. The molecule has 6 nitrogen and oxygen atoms in total. The first-order valence-corrected chi connectivity index (χ1v) is 8.79. The SMILES string of the molecule is O=C(Nc1ccccc1Br)c1c(-n2cnnn2)sc2c1CCC2. The third-order valence-electron chi connectivity index (χ3n) is 3.81. The fraction of sp³-hybridized carbons (Fsp3) is 0.200. The van der Waals surface area contributed by atoms with E-state index in [4.69, 9.17) is 0 Å². The highest BCUT2D eigenvalue weighted by molar-refractivity contribution is 9.10. The first kappa shape index (κ1) is 14.5.